The third-order valence-corrected chi connectivity index (χ3v) is 4.70. The van der Waals surface area contributed by atoms with E-state index in [9.17, 15) is 19.5 Å². The quantitative estimate of drug-likeness (QED) is 0.640. The van der Waals surface area contributed by atoms with Crippen molar-refractivity contribution in [2.24, 2.45) is 0 Å². The molecular weight excluding hydrogens is 354 g/mol. The number of hydrogen-bond donors (Lipinski definition) is 3. The van der Waals surface area contributed by atoms with Crippen LogP contribution in [-0.2, 0) is 9.59 Å². The molecule has 0 atom stereocenters. The Labute approximate surface area is 157 Å². The molecule has 0 saturated carbocycles. The van der Waals surface area contributed by atoms with Gasteiger partial charge in [-0.3, -0.25) is 19.4 Å². The lowest BCUT2D eigenvalue weighted by Crippen LogP contribution is -2.40. The summed E-state index contributed by atoms with van der Waals surface area (Å²) in [5.41, 5.74) is 1.62. The van der Waals surface area contributed by atoms with Gasteiger partial charge in [-0.2, -0.15) is 0 Å². The molecule has 3 N–H and O–H groups in total. The highest BCUT2D eigenvalue weighted by Gasteiger charge is 2.21. The normalized spacial score (nSPS) is 17.0. The number of hydrogen-bond acceptors (Lipinski definition) is 6. The van der Waals surface area contributed by atoms with Gasteiger partial charge in [-0.25, -0.2) is 4.79 Å². The minimum atomic E-state index is -1.00. The molecule has 0 aromatic heterocycles. The average Bonchev–Trinajstić information content (AvgIpc) is 2.66. The highest BCUT2D eigenvalue weighted by atomic mass is 16.4. The second kappa shape index (κ2) is 9.33. The lowest BCUT2D eigenvalue weighted by atomic mass is 10.1. The summed E-state index contributed by atoms with van der Waals surface area (Å²) in [6.45, 7) is 4.45. The summed E-state index contributed by atoms with van der Waals surface area (Å²) in [5.74, 6) is -2.87. The summed E-state index contributed by atoms with van der Waals surface area (Å²) >= 11 is 0. The molecular formula is C18H25N3O6. The van der Waals surface area contributed by atoms with E-state index < -0.39 is 17.9 Å². The Balaban J connectivity index is 2.27. The number of carbonyl (C=O) groups is 3. The summed E-state index contributed by atoms with van der Waals surface area (Å²) < 4.78 is 0. The Morgan fingerprint density at radius 2 is 1.33 bits per heavy atom. The van der Waals surface area contributed by atoms with Crippen LogP contribution in [0.5, 0.6) is 0 Å². The van der Waals surface area contributed by atoms with E-state index in [1.165, 1.54) is 0 Å². The molecule has 1 heterocycles. The maximum atomic E-state index is 11.4. The van der Waals surface area contributed by atoms with Gasteiger partial charge in [-0.1, -0.05) is 6.07 Å². The molecule has 1 aliphatic heterocycles. The average molecular weight is 379 g/mol. The van der Waals surface area contributed by atoms with Crippen molar-refractivity contribution in [3.63, 3.8) is 0 Å². The van der Waals surface area contributed by atoms with E-state index in [2.05, 4.69) is 0 Å². The van der Waals surface area contributed by atoms with Gasteiger partial charge >= 0.3 is 17.9 Å². The zero-order valence-corrected chi connectivity index (χ0v) is 15.3. The number of carboxylic acid groups (broad SMARTS) is 3. The van der Waals surface area contributed by atoms with Gasteiger partial charge in [0, 0.05) is 45.0 Å². The Hall–Kier alpha value is -2.65. The first-order valence-electron chi connectivity index (χ1n) is 8.74. The summed E-state index contributed by atoms with van der Waals surface area (Å²) in [4.78, 5) is 39.2. The standard InChI is InChI=1S/C18H25N3O6/c1-13-14(18(26)27)3-2-4-15(13)21-9-7-19(11-16(22)23)5-6-20(8-10-21)12-17(24)25/h2-4H,5-12H2,1H3,(H,22,23)(H,24,25)(H,26,27). The van der Waals surface area contributed by atoms with E-state index in [0.29, 0.717) is 44.8 Å². The van der Waals surface area contributed by atoms with E-state index >= 15 is 0 Å². The molecule has 9 heteroatoms. The van der Waals surface area contributed by atoms with Gasteiger partial charge in [-0.15, -0.1) is 0 Å². The van der Waals surface area contributed by atoms with Crippen molar-refractivity contribution in [1.82, 2.24) is 9.80 Å². The molecule has 1 fully saturated rings. The van der Waals surface area contributed by atoms with Crippen LogP contribution in [0.25, 0.3) is 0 Å². The van der Waals surface area contributed by atoms with E-state index in [-0.39, 0.29) is 18.7 Å². The molecule has 0 spiro atoms. The first-order chi connectivity index (χ1) is 12.8. The number of benzene rings is 1. The third kappa shape index (κ3) is 5.93. The predicted molar refractivity (Wildman–Crippen MR) is 98.5 cm³/mol. The maximum absolute atomic E-state index is 11.4. The van der Waals surface area contributed by atoms with Crippen LogP contribution in [-0.4, -0.2) is 95.4 Å². The lowest BCUT2D eigenvalue weighted by Gasteiger charge is -2.29. The molecule has 148 valence electrons. The van der Waals surface area contributed by atoms with Crippen LogP contribution in [0.3, 0.4) is 0 Å². The summed E-state index contributed by atoms with van der Waals surface area (Å²) in [5, 5.41) is 27.6. The molecule has 2 rings (SSSR count). The van der Waals surface area contributed by atoms with Crippen LogP contribution in [0.15, 0.2) is 18.2 Å². The highest BCUT2D eigenvalue weighted by molar-refractivity contribution is 5.91. The molecule has 0 aliphatic carbocycles. The smallest absolute Gasteiger partial charge is 0.336 e. The van der Waals surface area contributed by atoms with Crippen molar-refractivity contribution in [1.29, 1.82) is 0 Å². The number of anilines is 1. The largest absolute Gasteiger partial charge is 0.480 e. The molecule has 27 heavy (non-hydrogen) atoms. The first kappa shape index (κ1) is 20.7. The second-order valence-electron chi connectivity index (χ2n) is 6.58. The van der Waals surface area contributed by atoms with E-state index in [1.807, 2.05) is 11.0 Å². The third-order valence-electron chi connectivity index (χ3n) is 4.70. The van der Waals surface area contributed by atoms with Crippen LogP contribution in [0.4, 0.5) is 5.69 Å². The molecule has 0 radical (unpaired) electrons. The molecule has 1 aromatic rings. The van der Waals surface area contributed by atoms with Gasteiger partial charge in [0.15, 0.2) is 0 Å². The van der Waals surface area contributed by atoms with E-state index in [4.69, 9.17) is 10.2 Å². The summed E-state index contributed by atoms with van der Waals surface area (Å²) in [7, 11) is 0. The molecule has 1 aromatic carbocycles. The molecule has 1 saturated heterocycles. The minimum absolute atomic E-state index is 0.122. The second-order valence-corrected chi connectivity index (χ2v) is 6.58. The molecule has 0 unspecified atom stereocenters. The van der Waals surface area contributed by atoms with Crippen molar-refractivity contribution >= 4 is 23.6 Å². The van der Waals surface area contributed by atoms with Gasteiger partial charge < -0.3 is 20.2 Å². The molecule has 0 amide bonds. The molecule has 1 aliphatic rings. The maximum Gasteiger partial charge on any atom is 0.336 e. The van der Waals surface area contributed by atoms with Gasteiger partial charge in [-0.05, 0) is 24.6 Å². The topological polar surface area (TPSA) is 122 Å². The van der Waals surface area contributed by atoms with Gasteiger partial charge in [0.2, 0.25) is 0 Å². The van der Waals surface area contributed by atoms with Crippen LogP contribution in [0, 0.1) is 6.92 Å². The van der Waals surface area contributed by atoms with Crippen molar-refractivity contribution in [2.75, 3.05) is 57.3 Å². The number of nitrogens with zero attached hydrogens (tertiary/aromatic N) is 3. The fourth-order valence-corrected chi connectivity index (χ4v) is 3.28. The van der Waals surface area contributed by atoms with E-state index in [0.717, 1.165) is 5.69 Å². The van der Waals surface area contributed by atoms with Crippen LogP contribution < -0.4 is 4.90 Å². The van der Waals surface area contributed by atoms with Crippen LogP contribution in [0.1, 0.15) is 15.9 Å². The van der Waals surface area contributed by atoms with Crippen molar-refractivity contribution < 1.29 is 29.7 Å². The van der Waals surface area contributed by atoms with Gasteiger partial charge in [0.05, 0.1) is 18.7 Å². The number of carboxylic acids is 3. The first-order valence-corrected chi connectivity index (χ1v) is 8.74. The van der Waals surface area contributed by atoms with Crippen molar-refractivity contribution in [3.05, 3.63) is 29.3 Å². The van der Waals surface area contributed by atoms with Gasteiger partial charge in [0.1, 0.15) is 0 Å². The van der Waals surface area contributed by atoms with Crippen molar-refractivity contribution in [3.8, 4) is 0 Å². The zero-order chi connectivity index (χ0) is 20.0. The number of aromatic carboxylic acids is 1. The predicted octanol–water partition coefficient (Wildman–Crippen LogP) is 0.286. The zero-order valence-electron chi connectivity index (χ0n) is 15.3. The number of rotatable bonds is 6. The fraction of sp³-hybridized carbons (Fsp3) is 0.500. The fourth-order valence-electron chi connectivity index (χ4n) is 3.28. The van der Waals surface area contributed by atoms with E-state index in [1.54, 1.807) is 28.9 Å². The summed E-state index contributed by atoms with van der Waals surface area (Å²) in [6.07, 6.45) is 0. The Morgan fingerprint density at radius 1 is 0.852 bits per heavy atom. The molecule has 9 nitrogen and oxygen atoms in total. The lowest BCUT2D eigenvalue weighted by molar-refractivity contribution is -0.140. The number of aliphatic carboxylic acids is 2. The van der Waals surface area contributed by atoms with Crippen molar-refractivity contribution in [2.45, 2.75) is 6.92 Å². The molecule has 0 bridgehead atoms. The monoisotopic (exact) mass is 379 g/mol. The SMILES string of the molecule is Cc1c(C(=O)O)cccc1N1CCN(CC(=O)O)CCN(CC(=O)O)CC1. The van der Waals surface area contributed by atoms with Crippen LogP contribution in [0.2, 0.25) is 0 Å². The summed E-state index contributed by atoms with van der Waals surface area (Å²) in [6, 6.07) is 5.07. The van der Waals surface area contributed by atoms with Gasteiger partial charge in [0.25, 0.3) is 0 Å². The Kier molecular flexibility index (Phi) is 7.14. The minimum Gasteiger partial charge on any atom is -0.480 e. The highest BCUT2D eigenvalue weighted by Crippen LogP contribution is 2.23. The Bertz CT molecular complexity index is 680. The van der Waals surface area contributed by atoms with Crippen LogP contribution >= 0.6 is 0 Å². The Morgan fingerprint density at radius 3 is 1.78 bits per heavy atom.